The maximum Gasteiger partial charge on any atom is 0.233 e. The highest BCUT2D eigenvalue weighted by Gasteiger charge is 2.24. The number of rotatable bonds is 1. The van der Waals surface area contributed by atoms with E-state index >= 15 is 0 Å². The maximum atomic E-state index is 14.2. The summed E-state index contributed by atoms with van der Waals surface area (Å²) in [5.41, 5.74) is 0.275. The van der Waals surface area contributed by atoms with Gasteiger partial charge in [-0.15, -0.1) is 0 Å². The molecule has 0 atom stereocenters. The number of aromatic nitrogens is 1. The van der Waals surface area contributed by atoms with Gasteiger partial charge in [0.25, 0.3) is 0 Å². The van der Waals surface area contributed by atoms with Crippen molar-refractivity contribution in [1.29, 1.82) is 0 Å². The molecule has 0 spiro atoms. The maximum absolute atomic E-state index is 14.2. The molecule has 0 aliphatic carbocycles. The second-order valence-electron chi connectivity index (χ2n) is 6.00. The van der Waals surface area contributed by atoms with Crippen molar-refractivity contribution in [1.82, 2.24) is 4.98 Å². The van der Waals surface area contributed by atoms with Crippen LogP contribution >= 0.6 is 15.9 Å². The number of pyridine rings is 1. The van der Waals surface area contributed by atoms with E-state index < -0.39 is 14.0 Å². The van der Waals surface area contributed by atoms with Crippen molar-refractivity contribution in [2.75, 3.05) is 0 Å². The summed E-state index contributed by atoms with van der Waals surface area (Å²) >= 11 is 3.34. The Balaban J connectivity index is 2.47. The Hall–Kier alpha value is -1.53. The van der Waals surface area contributed by atoms with Gasteiger partial charge in [-0.25, -0.2) is 0 Å². The van der Waals surface area contributed by atoms with Gasteiger partial charge in [-0.1, -0.05) is 35.6 Å². The first-order valence-corrected chi connectivity index (χ1v) is 10.8. The highest BCUT2D eigenvalue weighted by molar-refractivity contribution is 9.10. The third-order valence-corrected chi connectivity index (χ3v) is 5.85. The predicted molar refractivity (Wildman–Crippen MR) is 88.4 cm³/mol. The standard InChI is InChI=1S/C15H13BrFNO2Si/c1-21(2,3)12-7-10-13(19)9-6-8(16)4-5-11(9)20-15(10)18-14(12)17/h4-7H,1-3H3. The van der Waals surface area contributed by atoms with E-state index in [1.54, 1.807) is 24.3 Å². The van der Waals surface area contributed by atoms with Gasteiger partial charge in [0, 0.05) is 4.47 Å². The van der Waals surface area contributed by atoms with Gasteiger partial charge >= 0.3 is 0 Å². The first-order valence-electron chi connectivity index (χ1n) is 6.50. The van der Waals surface area contributed by atoms with Gasteiger partial charge in [0.2, 0.25) is 17.1 Å². The van der Waals surface area contributed by atoms with Gasteiger partial charge < -0.3 is 4.42 Å². The molecular formula is C15H13BrFNO2Si. The van der Waals surface area contributed by atoms with Crippen LogP contribution in [-0.2, 0) is 0 Å². The molecule has 0 saturated heterocycles. The van der Waals surface area contributed by atoms with Gasteiger partial charge in [-0.3, -0.25) is 4.79 Å². The Morgan fingerprint density at radius 2 is 1.90 bits per heavy atom. The monoisotopic (exact) mass is 365 g/mol. The minimum atomic E-state index is -1.92. The molecule has 0 N–H and O–H groups in total. The molecule has 3 aromatic rings. The Labute approximate surface area is 129 Å². The van der Waals surface area contributed by atoms with Crippen molar-refractivity contribution in [2.24, 2.45) is 0 Å². The van der Waals surface area contributed by atoms with Crippen molar-refractivity contribution in [3.05, 3.63) is 44.9 Å². The molecule has 0 saturated carbocycles. The second-order valence-corrected chi connectivity index (χ2v) is 12.0. The zero-order valence-corrected chi connectivity index (χ0v) is 14.4. The van der Waals surface area contributed by atoms with E-state index in [1.165, 1.54) is 0 Å². The van der Waals surface area contributed by atoms with Crippen LogP contribution in [0.25, 0.3) is 22.1 Å². The third kappa shape index (κ3) is 2.42. The van der Waals surface area contributed by atoms with Gasteiger partial charge in [-0.05, 0) is 29.5 Å². The smallest absolute Gasteiger partial charge is 0.233 e. The lowest BCUT2D eigenvalue weighted by molar-refractivity contribution is 0.572. The van der Waals surface area contributed by atoms with Crippen LogP contribution in [0.15, 0.2) is 37.9 Å². The third-order valence-electron chi connectivity index (χ3n) is 3.39. The molecule has 0 aliphatic rings. The van der Waals surface area contributed by atoms with Crippen LogP contribution in [0.3, 0.4) is 0 Å². The zero-order valence-electron chi connectivity index (χ0n) is 11.8. The van der Waals surface area contributed by atoms with Gasteiger partial charge in [0.1, 0.15) is 5.58 Å². The predicted octanol–water partition coefficient (Wildman–Crippen LogP) is 3.79. The number of halogens is 2. The summed E-state index contributed by atoms with van der Waals surface area (Å²) in [5, 5.41) is 1.34. The fraction of sp³-hybridized carbons (Fsp3) is 0.200. The number of nitrogens with zero attached hydrogens (tertiary/aromatic N) is 1. The second kappa shape index (κ2) is 4.74. The zero-order chi connectivity index (χ0) is 15.4. The molecule has 2 aromatic heterocycles. The SMILES string of the molecule is C[Si](C)(C)c1cc2c(=O)c3cc(Br)ccc3oc2nc1F. The quantitative estimate of drug-likeness (QED) is 0.374. The molecule has 0 aliphatic heterocycles. The Kier molecular flexibility index (Phi) is 3.25. The molecule has 0 unspecified atom stereocenters. The fourth-order valence-corrected chi connectivity index (χ4v) is 3.87. The van der Waals surface area contributed by atoms with Crippen molar-refractivity contribution >= 4 is 51.3 Å². The fourth-order valence-electron chi connectivity index (χ4n) is 2.26. The lowest BCUT2D eigenvalue weighted by atomic mass is 10.2. The largest absolute Gasteiger partial charge is 0.437 e. The normalized spacial score (nSPS) is 12.2. The molecule has 0 bridgehead atoms. The Bertz CT molecular complexity index is 931. The molecular weight excluding hydrogens is 353 g/mol. The van der Waals surface area contributed by atoms with E-state index in [-0.39, 0.29) is 11.1 Å². The summed E-state index contributed by atoms with van der Waals surface area (Å²) in [4.78, 5) is 16.5. The van der Waals surface area contributed by atoms with Gasteiger partial charge in [0.15, 0.2) is 0 Å². The molecule has 108 valence electrons. The Morgan fingerprint density at radius 1 is 1.19 bits per heavy atom. The molecule has 3 rings (SSSR count). The summed E-state index contributed by atoms with van der Waals surface area (Å²) in [6, 6.07) is 6.75. The van der Waals surface area contributed by atoms with Gasteiger partial charge in [0.05, 0.1) is 18.8 Å². The van der Waals surface area contributed by atoms with E-state index in [0.29, 0.717) is 21.5 Å². The topological polar surface area (TPSA) is 43.1 Å². The summed E-state index contributed by atoms with van der Waals surface area (Å²) in [6.07, 6.45) is 0. The molecule has 21 heavy (non-hydrogen) atoms. The number of benzene rings is 1. The number of hydrogen-bond acceptors (Lipinski definition) is 3. The minimum Gasteiger partial charge on any atom is -0.437 e. The van der Waals surface area contributed by atoms with Crippen LogP contribution in [-0.4, -0.2) is 13.1 Å². The first-order chi connectivity index (χ1) is 9.77. The van der Waals surface area contributed by atoms with Crippen LogP contribution in [0.2, 0.25) is 19.6 Å². The van der Waals surface area contributed by atoms with E-state index in [9.17, 15) is 9.18 Å². The lowest BCUT2D eigenvalue weighted by Crippen LogP contribution is -2.40. The average molecular weight is 366 g/mol. The van der Waals surface area contributed by atoms with Crippen LogP contribution in [0.4, 0.5) is 4.39 Å². The Morgan fingerprint density at radius 3 is 2.57 bits per heavy atom. The van der Waals surface area contributed by atoms with E-state index in [0.717, 1.165) is 4.47 Å². The van der Waals surface area contributed by atoms with Crippen LogP contribution in [0.1, 0.15) is 0 Å². The number of hydrogen-bond donors (Lipinski definition) is 0. The highest BCUT2D eigenvalue weighted by atomic mass is 79.9. The van der Waals surface area contributed by atoms with E-state index in [4.69, 9.17) is 4.42 Å². The molecule has 0 amide bonds. The van der Waals surface area contributed by atoms with E-state index in [1.807, 2.05) is 19.6 Å². The molecule has 0 fully saturated rings. The average Bonchev–Trinajstić information content (AvgIpc) is 2.38. The van der Waals surface area contributed by atoms with Crippen LogP contribution in [0.5, 0.6) is 0 Å². The molecule has 0 radical (unpaired) electrons. The molecule has 3 nitrogen and oxygen atoms in total. The molecule has 2 heterocycles. The van der Waals surface area contributed by atoms with Crippen molar-refractivity contribution < 1.29 is 8.81 Å². The van der Waals surface area contributed by atoms with Crippen LogP contribution in [0, 0.1) is 5.95 Å². The van der Waals surface area contributed by atoms with Crippen molar-refractivity contribution in [3.63, 3.8) is 0 Å². The summed E-state index contributed by atoms with van der Waals surface area (Å²) in [6.45, 7) is 6.04. The van der Waals surface area contributed by atoms with Gasteiger partial charge in [-0.2, -0.15) is 9.37 Å². The number of fused-ring (bicyclic) bond motifs is 2. The summed E-state index contributed by atoms with van der Waals surface area (Å²) in [7, 11) is -1.92. The molecule has 6 heteroatoms. The minimum absolute atomic E-state index is 0.0503. The van der Waals surface area contributed by atoms with Crippen molar-refractivity contribution in [3.8, 4) is 0 Å². The summed E-state index contributed by atoms with van der Waals surface area (Å²) < 4.78 is 20.5. The summed E-state index contributed by atoms with van der Waals surface area (Å²) in [5.74, 6) is -0.540. The van der Waals surface area contributed by atoms with Crippen molar-refractivity contribution in [2.45, 2.75) is 19.6 Å². The van der Waals surface area contributed by atoms with Crippen LogP contribution < -0.4 is 10.6 Å². The highest BCUT2D eigenvalue weighted by Crippen LogP contribution is 2.21. The molecule has 1 aromatic carbocycles. The van der Waals surface area contributed by atoms with E-state index in [2.05, 4.69) is 20.9 Å². The lowest BCUT2D eigenvalue weighted by Gasteiger charge is -2.17. The first kappa shape index (κ1) is 14.4.